The first kappa shape index (κ1) is 13.8. The van der Waals surface area contributed by atoms with Gasteiger partial charge in [-0.05, 0) is 50.0 Å². The average molecular weight is 285 g/mol. The Hall–Kier alpha value is -0.860. The molecule has 4 atom stereocenters. The molecule has 0 radical (unpaired) electrons. The molecule has 3 aliphatic rings. The molecule has 2 saturated heterocycles. The van der Waals surface area contributed by atoms with Crippen LogP contribution in [-0.4, -0.2) is 34.2 Å². The standard InChI is InChI=1S/C19H27NO/c21-19-9-5-4-8-18(19)20-16-10-11-17(20)13-15(12-16)14-6-2-1-3-7-14/h1-3,6-7,15-19,21H,4-5,8-13H2/t15?,16?,17?,18-,19-/m1/s1. The third-order valence-electron chi connectivity index (χ3n) is 6.14. The van der Waals surface area contributed by atoms with Crippen LogP contribution in [0.15, 0.2) is 30.3 Å². The Morgan fingerprint density at radius 1 is 0.857 bits per heavy atom. The number of rotatable bonds is 2. The number of hydrogen-bond acceptors (Lipinski definition) is 2. The Balaban J connectivity index is 1.51. The summed E-state index contributed by atoms with van der Waals surface area (Å²) in [7, 11) is 0. The monoisotopic (exact) mass is 285 g/mol. The van der Waals surface area contributed by atoms with Crippen LogP contribution in [0.25, 0.3) is 0 Å². The Labute approximate surface area is 128 Å². The van der Waals surface area contributed by atoms with Gasteiger partial charge in [0.2, 0.25) is 0 Å². The van der Waals surface area contributed by atoms with Gasteiger partial charge in [-0.1, -0.05) is 43.2 Å². The molecule has 1 saturated carbocycles. The van der Waals surface area contributed by atoms with Crippen LogP contribution in [0.1, 0.15) is 62.8 Å². The van der Waals surface area contributed by atoms with E-state index in [1.54, 1.807) is 0 Å². The summed E-state index contributed by atoms with van der Waals surface area (Å²) >= 11 is 0. The van der Waals surface area contributed by atoms with Crippen LogP contribution in [0.4, 0.5) is 0 Å². The lowest BCUT2D eigenvalue weighted by Crippen LogP contribution is -2.53. The number of aliphatic hydroxyl groups is 1. The summed E-state index contributed by atoms with van der Waals surface area (Å²) in [6, 6.07) is 12.9. The molecule has 2 heterocycles. The number of benzene rings is 1. The summed E-state index contributed by atoms with van der Waals surface area (Å²) in [5, 5.41) is 10.4. The highest BCUT2D eigenvalue weighted by Crippen LogP contribution is 2.45. The summed E-state index contributed by atoms with van der Waals surface area (Å²) in [4.78, 5) is 2.74. The van der Waals surface area contributed by atoms with Gasteiger partial charge < -0.3 is 5.11 Å². The zero-order valence-electron chi connectivity index (χ0n) is 12.8. The van der Waals surface area contributed by atoms with Crippen LogP contribution in [-0.2, 0) is 0 Å². The maximum atomic E-state index is 10.4. The van der Waals surface area contributed by atoms with Crippen LogP contribution >= 0.6 is 0 Å². The first-order chi connectivity index (χ1) is 10.3. The molecule has 114 valence electrons. The van der Waals surface area contributed by atoms with Gasteiger partial charge in [-0.25, -0.2) is 0 Å². The van der Waals surface area contributed by atoms with Crippen LogP contribution in [0, 0.1) is 0 Å². The smallest absolute Gasteiger partial charge is 0.0695 e. The van der Waals surface area contributed by atoms with Crippen molar-refractivity contribution < 1.29 is 5.11 Å². The molecule has 2 nitrogen and oxygen atoms in total. The van der Waals surface area contributed by atoms with E-state index < -0.39 is 0 Å². The van der Waals surface area contributed by atoms with Crippen molar-refractivity contribution in [1.82, 2.24) is 4.90 Å². The van der Waals surface area contributed by atoms with E-state index in [9.17, 15) is 5.11 Å². The van der Waals surface area contributed by atoms with Gasteiger partial charge in [-0.3, -0.25) is 4.90 Å². The zero-order valence-corrected chi connectivity index (χ0v) is 12.8. The Morgan fingerprint density at radius 3 is 2.19 bits per heavy atom. The number of aliphatic hydroxyl groups excluding tert-OH is 1. The van der Waals surface area contributed by atoms with Gasteiger partial charge in [-0.2, -0.15) is 0 Å². The number of piperidine rings is 1. The van der Waals surface area contributed by atoms with Gasteiger partial charge in [-0.15, -0.1) is 0 Å². The average Bonchev–Trinajstić information content (AvgIpc) is 2.78. The number of fused-ring (bicyclic) bond motifs is 2. The SMILES string of the molecule is O[C@@H]1CCCC[C@H]1N1C2CCC1CC(c1ccccc1)C2. The summed E-state index contributed by atoms with van der Waals surface area (Å²) in [6.45, 7) is 0. The Bertz CT molecular complexity index is 460. The maximum Gasteiger partial charge on any atom is 0.0695 e. The van der Waals surface area contributed by atoms with Crippen molar-refractivity contribution >= 4 is 0 Å². The summed E-state index contributed by atoms with van der Waals surface area (Å²) < 4.78 is 0. The summed E-state index contributed by atoms with van der Waals surface area (Å²) in [6.07, 6.45) is 9.96. The molecule has 1 aromatic rings. The van der Waals surface area contributed by atoms with Crippen LogP contribution in [0.3, 0.4) is 0 Å². The maximum absolute atomic E-state index is 10.4. The fourth-order valence-electron chi connectivity index (χ4n) is 5.19. The minimum atomic E-state index is -0.0740. The van der Waals surface area contributed by atoms with Gasteiger partial charge in [0.25, 0.3) is 0 Å². The van der Waals surface area contributed by atoms with Crippen molar-refractivity contribution in [2.45, 2.75) is 81.5 Å². The molecule has 3 fully saturated rings. The third kappa shape index (κ3) is 2.53. The highest BCUT2D eigenvalue weighted by atomic mass is 16.3. The molecule has 0 aromatic heterocycles. The quantitative estimate of drug-likeness (QED) is 0.895. The van der Waals surface area contributed by atoms with Crippen LogP contribution in [0.5, 0.6) is 0 Å². The number of hydrogen-bond donors (Lipinski definition) is 1. The fraction of sp³-hybridized carbons (Fsp3) is 0.684. The van der Waals surface area contributed by atoms with Gasteiger partial charge >= 0.3 is 0 Å². The van der Waals surface area contributed by atoms with Gasteiger partial charge in [0, 0.05) is 18.1 Å². The molecular formula is C19H27NO. The molecule has 1 aromatic carbocycles. The molecule has 0 spiro atoms. The third-order valence-corrected chi connectivity index (χ3v) is 6.14. The van der Waals surface area contributed by atoms with E-state index in [-0.39, 0.29) is 6.10 Å². The molecule has 4 rings (SSSR count). The second-order valence-electron chi connectivity index (χ2n) is 7.33. The molecule has 0 amide bonds. The van der Waals surface area contributed by atoms with E-state index in [2.05, 4.69) is 35.2 Å². The highest BCUT2D eigenvalue weighted by Gasteiger charge is 2.46. The van der Waals surface area contributed by atoms with E-state index in [1.165, 1.54) is 50.5 Å². The predicted octanol–water partition coefficient (Wildman–Crippen LogP) is 3.70. The largest absolute Gasteiger partial charge is 0.391 e. The van der Waals surface area contributed by atoms with E-state index in [1.807, 2.05) is 0 Å². The lowest BCUT2D eigenvalue weighted by molar-refractivity contribution is -0.0233. The molecule has 1 aliphatic carbocycles. The molecule has 2 bridgehead atoms. The normalized spacial score (nSPS) is 40.3. The van der Waals surface area contributed by atoms with Crippen molar-refractivity contribution in [2.24, 2.45) is 0 Å². The van der Waals surface area contributed by atoms with Crippen molar-refractivity contribution in [3.63, 3.8) is 0 Å². The Morgan fingerprint density at radius 2 is 1.52 bits per heavy atom. The van der Waals surface area contributed by atoms with E-state index in [0.717, 1.165) is 12.3 Å². The van der Waals surface area contributed by atoms with E-state index in [0.29, 0.717) is 18.1 Å². The van der Waals surface area contributed by atoms with Crippen molar-refractivity contribution in [2.75, 3.05) is 0 Å². The van der Waals surface area contributed by atoms with Crippen LogP contribution < -0.4 is 0 Å². The minimum absolute atomic E-state index is 0.0740. The molecule has 1 N–H and O–H groups in total. The van der Waals surface area contributed by atoms with Gasteiger partial charge in [0.15, 0.2) is 0 Å². The fourth-order valence-corrected chi connectivity index (χ4v) is 5.19. The second-order valence-corrected chi connectivity index (χ2v) is 7.33. The first-order valence-corrected chi connectivity index (χ1v) is 8.83. The zero-order chi connectivity index (χ0) is 14.2. The van der Waals surface area contributed by atoms with Gasteiger partial charge in [0.1, 0.15) is 0 Å². The lowest BCUT2D eigenvalue weighted by Gasteiger charge is -2.46. The first-order valence-electron chi connectivity index (χ1n) is 8.83. The lowest BCUT2D eigenvalue weighted by atomic mass is 9.82. The van der Waals surface area contributed by atoms with Crippen molar-refractivity contribution in [1.29, 1.82) is 0 Å². The van der Waals surface area contributed by atoms with E-state index in [4.69, 9.17) is 0 Å². The predicted molar refractivity (Wildman–Crippen MR) is 85.3 cm³/mol. The topological polar surface area (TPSA) is 23.5 Å². The van der Waals surface area contributed by atoms with Crippen molar-refractivity contribution in [3.05, 3.63) is 35.9 Å². The Kier molecular flexibility index (Phi) is 3.76. The summed E-state index contributed by atoms with van der Waals surface area (Å²) in [5.74, 6) is 0.737. The van der Waals surface area contributed by atoms with Crippen molar-refractivity contribution in [3.8, 4) is 0 Å². The molecular weight excluding hydrogens is 258 g/mol. The summed E-state index contributed by atoms with van der Waals surface area (Å²) in [5.41, 5.74) is 1.53. The molecule has 2 unspecified atom stereocenters. The van der Waals surface area contributed by atoms with Crippen LogP contribution in [0.2, 0.25) is 0 Å². The molecule has 21 heavy (non-hydrogen) atoms. The van der Waals surface area contributed by atoms with Gasteiger partial charge in [0.05, 0.1) is 6.10 Å². The molecule has 2 aliphatic heterocycles. The molecule has 2 heteroatoms. The van der Waals surface area contributed by atoms with E-state index >= 15 is 0 Å². The number of nitrogens with zero attached hydrogens (tertiary/aromatic N) is 1. The highest BCUT2D eigenvalue weighted by molar-refractivity contribution is 5.22. The second kappa shape index (κ2) is 5.73. The minimum Gasteiger partial charge on any atom is -0.391 e.